The Morgan fingerprint density at radius 2 is 1.95 bits per heavy atom. The van der Waals surface area contributed by atoms with Crippen LogP contribution < -0.4 is 5.32 Å². The van der Waals surface area contributed by atoms with Crippen LogP contribution in [0.5, 0.6) is 0 Å². The van der Waals surface area contributed by atoms with Gasteiger partial charge in [0.05, 0.1) is 16.2 Å². The van der Waals surface area contributed by atoms with E-state index in [1.54, 1.807) is 12.1 Å². The first-order valence-corrected chi connectivity index (χ1v) is 9.49. The molecule has 1 saturated heterocycles. The Kier molecular flexibility index (Phi) is 4.94. The zero-order valence-corrected chi connectivity index (χ0v) is 13.9. The van der Waals surface area contributed by atoms with E-state index < -0.39 is 9.84 Å². The molecule has 0 amide bonds. The normalized spacial score (nSPS) is 22.0. The van der Waals surface area contributed by atoms with E-state index in [9.17, 15) is 8.42 Å². The van der Waals surface area contributed by atoms with Crippen LogP contribution in [0.3, 0.4) is 0 Å². The van der Waals surface area contributed by atoms with Crippen molar-refractivity contribution in [2.45, 2.75) is 56.1 Å². The second-order valence-corrected chi connectivity index (χ2v) is 7.83. The topological polar surface area (TPSA) is 55.4 Å². The zero-order chi connectivity index (χ0) is 15.5. The van der Waals surface area contributed by atoms with Gasteiger partial charge in [0.15, 0.2) is 9.84 Å². The Morgan fingerprint density at radius 1 is 1.29 bits per heavy atom. The molecule has 1 aromatic rings. The number of rotatable bonds is 5. The maximum absolute atomic E-state index is 11.9. The molecule has 118 valence electrons. The molecule has 2 rings (SSSR count). The summed E-state index contributed by atoms with van der Waals surface area (Å²) in [5, 5.41) is 3.42. The summed E-state index contributed by atoms with van der Waals surface area (Å²) < 4.78 is 29.7. The highest BCUT2D eigenvalue weighted by Crippen LogP contribution is 2.33. The minimum atomic E-state index is -3.22. The van der Waals surface area contributed by atoms with Gasteiger partial charge in [0, 0.05) is 18.9 Å². The van der Waals surface area contributed by atoms with Crippen LogP contribution in [0, 0.1) is 0 Å². The Bertz CT molecular complexity index is 579. The lowest BCUT2D eigenvalue weighted by atomic mass is 9.86. The summed E-state index contributed by atoms with van der Waals surface area (Å²) in [7, 11) is -3.22. The standard InChI is InChI=1S/C16H25NO3S/c1-4-16(5-2)12-13(10-11-20-16)17-14-8-6-7-9-15(14)21(3,18)19/h6-9,13,17H,4-5,10-12H2,1-3H3. The zero-order valence-electron chi connectivity index (χ0n) is 13.1. The van der Waals surface area contributed by atoms with Gasteiger partial charge in [0.25, 0.3) is 0 Å². The predicted octanol–water partition coefficient (Wildman–Crippen LogP) is 3.24. The van der Waals surface area contributed by atoms with E-state index in [0.29, 0.717) is 10.6 Å². The van der Waals surface area contributed by atoms with Gasteiger partial charge < -0.3 is 10.1 Å². The molecule has 0 spiro atoms. The predicted molar refractivity (Wildman–Crippen MR) is 85.5 cm³/mol. The Morgan fingerprint density at radius 3 is 2.57 bits per heavy atom. The summed E-state index contributed by atoms with van der Waals surface area (Å²) in [6, 6.07) is 7.37. The Hall–Kier alpha value is -1.07. The number of hydrogen-bond donors (Lipinski definition) is 1. The first-order chi connectivity index (χ1) is 9.90. The second-order valence-electron chi connectivity index (χ2n) is 5.84. The van der Waals surface area contributed by atoms with Crippen molar-refractivity contribution in [3.8, 4) is 0 Å². The Balaban J connectivity index is 2.19. The molecule has 1 aliphatic rings. The minimum Gasteiger partial charge on any atom is -0.381 e. The third kappa shape index (κ3) is 3.77. The molecule has 0 aromatic heterocycles. The number of hydrogen-bond acceptors (Lipinski definition) is 4. The van der Waals surface area contributed by atoms with Gasteiger partial charge in [-0.1, -0.05) is 26.0 Å². The van der Waals surface area contributed by atoms with E-state index in [2.05, 4.69) is 19.2 Å². The van der Waals surface area contributed by atoms with Crippen LogP contribution in [-0.2, 0) is 14.6 Å². The van der Waals surface area contributed by atoms with Crippen LogP contribution >= 0.6 is 0 Å². The summed E-state index contributed by atoms with van der Waals surface area (Å²) in [5.74, 6) is 0. The maximum atomic E-state index is 11.9. The molecule has 1 atom stereocenters. The molecule has 0 aliphatic carbocycles. The SMILES string of the molecule is CCC1(CC)CC(Nc2ccccc2S(C)(=O)=O)CCO1. The van der Waals surface area contributed by atoms with Gasteiger partial charge in [-0.25, -0.2) is 8.42 Å². The largest absolute Gasteiger partial charge is 0.381 e. The molecule has 21 heavy (non-hydrogen) atoms. The number of para-hydroxylation sites is 1. The molecule has 5 heteroatoms. The van der Waals surface area contributed by atoms with E-state index >= 15 is 0 Å². The van der Waals surface area contributed by atoms with E-state index in [1.165, 1.54) is 6.26 Å². The number of ether oxygens (including phenoxy) is 1. The van der Waals surface area contributed by atoms with Crippen LogP contribution in [0.1, 0.15) is 39.5 Å². The van der Waals surface area contributed by atoms with Crippen LogP contribution in [0.4, 0.5) is 5.69 Å². The minimum absolute atomic E-state index is 0.0735. The van der Waals surface area contributed by atoms with E-state index in [1.807, 2.05) is 12.1 Å². The van der Waals surface area contributed by atoms with Gasteiger partial charge in [-0.15, -0.1) is 0 Å². The molecular weight excluding hydrogens is 286 g/mol. The average molecular weight is 311 g/mol. The summed E-state index contributed by atoms with van der Waals surface area (Å²) in [5.41, 5.74) is 0.628. The van der Waals surface area contributed by atoms with Crippen molar-refractivity contribution in [2.24, 2.45) is 0 Å². The van der Waals surface area contributed by atoms with Gasteiger partial charge in [-0.3, -0.25) is 0 Å². The number of benzene rings is 1. The fourth-order valence-electron chi connectivity index (χ4n) is 3.02. The molecule has 4 nitrogen and oxygen atoms in total. The molecule has 0 radical (unpaired) electrons. The molecule has 0 bridgehead atoms. The highest BCUT2D eigenvalue weighted by molar-refractivity contribution is 7.90. The van der Waals surface area contributed by atoms with Crippen molar-refractivity contribution in [1.82, 2.24) is 0 Å². The molecule has 1 aliphatic heterocycles. The third-order valence-electron chi connectivity index (χ3n) is 4.43. The molecule has 1 aromatic carbocycles. The van der Waals surface area contributed by atoms with Gasteiger partial charge in [-0.2, -0.15) is 0 Å². The molecule has 1 heterocycles. The van der Waals surface area contributed by atoms with Crippen molar-refractivity contribution in [3.63, 3.8) is 0 Å². The van der Waals surface area contributed by atoms with Gasteiger partial charge in [0.2, 0.25) is 0 Å². The van der Waals surface area contributed by atoms with Crippen LogP contribution in [0.2, 0.25) is 0 Å². The van der Waals surface area contributed by atoms with E-state index in [0.717, 1.165) is 32.3 Å². The lowest BCUT2D eigenvalue weighted by molar-refractivity contribution is -0.0864. The van der Waals surface area contributed by atoms with Crippen molar-refractivity contribution in [2.75, 3.05) is 18.2 Å². The van der Waals surface area contributed by atoms with Crippen molar-refractivity contribution >= 4 is 15.5 Å². The quantitative estimate of drug-likeness (QED) is 0.907. The monoisotopic (exact) mass is 311 g/mol. The molecular formula is C16H25NO3S. The lowest BCUT2D eigenvalue weighted by Gasteiger charge is -2.40. The Labute approximate surface area is 127 Å². The second kappa shape index (κ2) is 6.36. The van der Waals surface area contributed by atoms with Crippen LogP contribution in [0.25, 0.3) is 0 Å². The summed E-state index contributed by atoms with van der Waals surface area (Å²) >= 11 is 0. The summed E-state index contributed by atoms with van der Waals surface area (Å²) in [6.45, 7) is 5.02. The number of anilines is 1. The fraction of sp³-hybridized carbons (Fsp3) is 0.625. The fourth-order valence-corrected chi connectivity index (χ4v) is 3.88. The molecule has 1 N–H and O–H groups in total. The molecule has 1 fully saturated rings. The highest BCUT2D eigenvalue weighted by Gasteiger charge is 2.34. The number of nitrogens with one attached hydrogen (secondary N) is 1. The summed E-state index contributed by atoms with van der Waals surface area (Å²) in [4.78, 5) is 0.370. The summed E-state index contributed by atoms with van der Waals surface area (Å²) in [6.07, 6.45) is 5.03. The van der Waals surface area contributed by atoms with Gasteiger partial charge in [-0.05, 0) is 37.8 Å². The number of sulfone groups is 1. The third-order valence-corrected chi connectivity index (χ3v) is 5.58. The first kappa shape index (κ1) is 16.3. The van der Waals surface area contributed by atoms with Crippen molar-refractivity contribution in [1.29, 1.82) is 0 Å². The van der Waals surface area contributed by atoms with E-state index in [-0.39, 0.29) is 11.6 Å². The van der Waals surface area contributed by atoms with Crippen LogP contribution in [-0.4, -0.2) is 32.9 Å². The van der Waals surface area contributed by atoms with Crippen LogP contribution in [0.15, 0.2) is 29.2 Å². The molecule has 1 unspecified atom stereocenters. The van der Waals surface area contributed by atoms with Gasteiger partial charge in [0.1, 0.15) is 0 Å². The lowest BCUT2D eigenvalue weighted by Crippen LogP contribution is -2.43. The van der Waals surface area contributed by atoms with Crippen molar-refractivity contribution < 1.29 is 13.2 Å². The van der Waals surface area contributed by atoms with Gasteiger partial charge >= 0.3 is 0 Å². The maximum Gasteiger partial charge on any atom is 0.177 e. The average Bonchev–Trinajstić information content (AvgIpc) is 2.47. The van der Waals surface area contributed by atoms with E-state index in [4.69, 9.17) is 4.74 Å². The molecule has 0 saturated carbocycles. The first-order valence-electron chi connectivity index (χ1n) is 7.60. The van der Waals surface area contributed by atoms with Crippen molar-refractivity contribution in [3.05, 3.63) is 24.3 Å². The highest BCUT2D eigenvalue weighted by atomic mass is 32.2. The smallest absolute Gasteiger partial charge is 0.177 e.